The largest absolute Gasteiger partial charge is 0.372 e. The lowest BCUT2D eigenvalue weighted by Crippen LogP contribution is -2.29. The maximum Gasteiger partial charge on any atom is 0.104 e. The molecule has 2 nitrogen and oxygen atoms in total. The van der Waals surface area contributed by atoms with Crippen LogP contribution in [-0.4, -0.2) is 37.3 Å². The molecule has 0 spiro atoms. The maximum atomic E-state index is 13.5. The zero-order chi connectivity index (χ0) is 12.1. The van der Waals surface area contributed by atoms with Crippen molar-refractivity contribution >= 4 is 0 Å². The van der Waals surface area contributed by atoms with Gasteiger partial charge in [0, 0.05) is 19.5 Å². The van der Waals surface area contributed by atoms with Crippen molar-refractivity contribution in [2.24, 2.45) is 0 Å². The summed E-state index contributed by atoms with van der Waals surface area (Å²) in [7, 11) is 2.02. The van der Waals surface area contributed by atoms with E-state index >= 15 is 0 Å². The van der Waals surface area contributed by atoms with E-state index in [1.165, 1.54) is 0 Å². The number of hydrogen-bond acceptors (Lipinski definition) is 2. The molecule has 1 fully saturated rings. The lowest BCUT2D eigenvalue weighted by atomic mass is 10.1. The van der Waals surface area contributed by atoms with Crippen LogP contribution in [0.15, 0.2) is 30.3 Å². The van der Waals surface area contributed by atoms with Crippen molar-refractivity contribution in [2.45, 2.75) is 31.7 Å². The van der Waals surface area contributed by atoms with Crippen LogP contribution in [0.1, 0.15) is 18.4 Å². The molecular weight excluding hydrogens is 217 g/mol. The highest BCUT2D eigenvalue weighted by atomic mass is 19.1. The summed E-state index contributed by atoms with van der Waals surface area (Å²) in [5.41, 5.74) is 1.15. The van der Waals surface area contributed by atoms with Crippen LogP contribution in [0.3, 0.4) is 0 Å². The van der Waals surface area contributed by atoms with Gasteiger partial charge in [-0.1, -0.05) is 30.3 Å². The van der Waals surface area contributed by atoms with Gasteiger partial charge in [-0.05, 0) is 19.0 Å². The molecule has 1 saturated heterocycles. The van der Waals surface area contributed by atoms with E-state index in [9.17, 15) is 4.39 Å². The van der Waals surface area contributed by atoms with Crippen molar-refractivity contribution in [1.82, 2.24) is 4.90 Å². The Labute approximate surface area is 102 Å². The molecule has 1 aromatic carbocycles. The summed E-state index contributed by atoms with van der Waals surface area (Å²) in [4.78, 5) is 2.15. The number of ether oxygens (including phenoxy) is 1. The summed E-state index contributed by atoms with van der Waals surface area (Å²) in [6, 6.07) is 10.0. The Morgan fingerprint density at radius 3 is 2.88 bits per heavy atom. The third-order valence-electron chi connectivity index (χ3n) is 3.19. The van der Waals surface area contributed by atoms with Crippen LogP contribution in [0, 0.1) is 0 Å². The minimum Gasteiger partial charge on any atom is -0.372 e. The zero-order valence-corrected chi connectivity index (χ0v) is 10.3. The van der Waals surface area contributed by atoms with Gasteiger partial charge in [0.2, 0.25) is 0 Å². The molecule has 3 heteroatoms. The van der Waals surface area contributed by atoms with Gasteiger partial charge in [0.1, 0.15) is 6.17 Å². The second kappa shape index (κ2) is 6.12. The number of rotatable bonds is 3. The van der Waals surface area contributed by atoms with Gasteiger partial charge in [-0.3, -0.25) is 0 Å². The van der Waals surface area contributed by atoms with Crippen molar-refractivity contribution in [3.63, 3.8) is 0 Å². The number of halogens is 1. The molecule has 2 rings (SSSR count). The summed E-state index contributed by atoms with van der Waals surface area (Å²) in [6.45, 7) is 2.23. The first kappa shape index (κ1) is 12.5. The Hall–Kier alpha value is -0.930. The fraction of sp³-hybridized carbons (Fsp3) is 0.571. The quantitative estimate of drug-likeness (QED) is 0.801. The third-order valence-corrected chi connectivity index (χ3v) is 3.19. The van der Waals surface area contributed by atoms with Gasteiger partial charge < -0.3 is 9.64 Å². The van der Waals surface area contributed by atoms with E-state index in [0.29, 0.717) is 19.4 Å². The molecule has 0 radical (unpaired) electrons. The Bertz CT molecular complexity index is 318. The first-order valence-corrected chi connectivity index (χ1v) is 6.22. The number of likely N-dealkylation sites (tertiary alicyclic amines) is 1. The Morgan fingerprint density at radius 2 is 2.12 bits per heavy atom. The third kappa shape index (κ3) is 4.10. The zero-order valence-electron chi connectivity index (χ0n) is 10.3. The van der Waals surface area contributed by atoms with Gasteiger partial charge in [-0.25, -0.2) is 4.39 Å². The van der Waals surface area contributed by atoms with E-state index in [1.54, 1.807) is 0 Å². The average Bonchev–Trinajstić information content (AvgIpc) is 2.50. The van der Waals surface area contributed by atoms with E-state index in [4.69, 9.17) is 4.74 Å². The van der Waals surface area contributed by atoms with Gasteiger partial charge in [-0.15, -0.1) is 0 Å². The minimum atomic E-state index is -0.722. The van der Waals surface area contributed by atoms with E-state index in [-0.39, 0.29) is 6.10 Å². The number of alkyl halides is 1. The van der Waals surface area contributed by atoms with Crippen LogP contribution in [0.5, 0.6) is 0 Å². The Kier molecular flexibility index (Phi) is 4.51. The molecule has 1 aromatic rings. The summed E-state index contributed by atoms with van der Waals surface area (Å²) in [5.74, 6) is 0. The molecule has 0 saturated carbocycles. The topological polar surface area (TPSA) is 12.5 Å². The first-order valence-electron chi connectivity index (χ1n) is 6.22. The predicted molar refractivity (Wildman–Crippen MR) is 66.6 cm³/mol. The van der Waals surface area contributed by atoms with Gasteiger partial charge in [0.15, 0.2) is 0 Å². The van der Waals surface area contributed by atoms with Crippen molar-refractivity contribution in [3.05, 3.63) is 35.9 Å². The highest BCUT2D eigenvalue weighted by Crippen LogP contribution is 2.17. The van der Waals surface area contributed by atoms with E-state index < -0.39 is 6.17 Å². The van der Waals surface area contributed by atoms with Crippen molar-refractivity contribution in [1.29, 1.82) is 0 Å². The van der Waals surface area contributed by atoms with Crippen molar-refractivity contribution < 1.29 is 9.13 Å². The standard InChI is InChI=1S/C14H20FNO/c1-16-8-7-13(15)9-14(10-16)17-11-12-5-3-2-4-6-12/h2-6,13-14H,7-11H2,1H3. The van der Waals surface area contributed by atoms with Crippen LogP contribution >= 0.6 is 0 Å². The number of benzene rings is 1. The van der Waals surface area contributed by atoms with Crippen LogP contribution < -0.4 is 0 Å². The van der Waals surface area contributed by atoms with Gasteiger partial charge in [0.05, 0.1) is 12.7 Å². The number of nitrogens with zero attached hydrogens (tertiary/aromatic N) is 1. The number of hydrogen-bond donors (Lipinski definition) is 0. The molecule has 94 valence electrons. The molecular formula is C14H20FNO. The summed E-state index contributed by atoms with van der Waals surface area (Å²) >= 11 is 0. The lowest BCUT2D eigenvalue weighted by Gasteiger charge is -2.20. The van der Waals surface area contributed by atoms with E-state index in [2.05, 4.69) is 4.90 Å². The molecule has 0 aromatic heterocycles. The summed E-state index contributed by atoms with van der Waals surface area (Å²) in [6.07, 6.45) is 0.442. The van der Waals surface area contributed by atoms with Crippen molar-refractivity contribution in [3.8, 4) is 0 Å². The second-order valence-corrected chi connectivity index (χ2v) is 4.80. The lowest BCUT2D eigenvalue weighted by molar-refractivity contribution is 0.0135. The SMILES string of the molecule is CN1CCC(F)CC(OCc2ccccc2)C1. The monoisotopic (exact) mass is 237 g/mol. The molecule has 1 aliphatic rings. The molecule has 17 heavy (non-hydrogen) atoms. The van der Waals surface area contributed by atoms with Crippen LogP contribution in [0.4, 0.5) is 4.39 Å². The van der Waals surface area contributed by atoms with Crippen LogP contribution in [0.2, 0.25) is 0 Å². The van der Waals surface area contributed by atoms with E-state index in [0.717, 1.165) is 18.7 Å². The minimum absolute atomic E-state index is 0.0118. The highest BCUT2D eigenvalue weighted by molar-refractivity contribution is 5.13. The fourth-order valence-corrected chi connectivity index (χ4v) is 2.19. The highest BCUT2D eigenvalue weighted by Gasteiger charge is 2.22. The molecule has 0 N–H and O–H groups in total. The molecule has 1 heterocycles. The summed E-state index contributed by atoms with van der Waals surface area (Å²) in [5, 5.41) is 0. The van der Waals surface area contributed by atoms with E-state index in [1.807, 2.05) is 37.4 Å². The smallest absolute Gasteiger partial charge is 0.104 e. The van der Waals surface area contributed by atoms with Gasteiger partial charge >= 0.3 is 0 Å². The molecule has 1 aliphatic heterocycles. The number of likely N-dealkylation sites (N-methyl/N-ethyl adjacent to an activating group) is 1. The first-order chi connectivity index (χ1) is 8.24. The maximum absolute atomic E-state index is 13.5. The fourth-order valence-electron chi connectivity index (χ4n) is 2.19. The predicted octanol–water partition coefficient (Wildman–Crippen LogP) is 2.64. The van der Waals surface area contributed by atoms with Crippen LogP contribution in [-0.2, 0) is 11.3 Å². The van der Waals surface area contributed by atoms with Gasteiger partial charge in [-0.2, -0.15) is 0 Å². The Balaban J connectivity index is 1.85. The molecule has 2 unspecified atom stereocenters. The normalized spacial score (nSPS) is 26.7. The van der Waals surface area contributed by atoms with Crippen LogP contribution in [0.25, 0.3) is 0 Å². The molecule has 0 aliphatic carbocycles. The molecule has 0 bridgehead atoms. The molecule has 2 atom stereocenters. The second-order valence-electron chi connectivity index (χ2n) is 4.80. The van der Waals surface area contributed by atoms with Gasteiger partial charge in [0.25, 0.3) is 0 Å². The summed E-state index contributed by atoms with van der Waals surface area (Å²) < 4.78 is 19.3. The Morgan fingerprint density at radius 1 is 1.35 bits per heavy atom. The molecule has 0 amide bonds. The van der Waals surface area contributed by atoms with Crippen molar-refractivity contribution in [2.75, 3.05) is 20.1 Å². The average molecular weight is 237 g/mol.